The molecule has 1 N–H and O–H groups in total. The zero-order valence-corrected chi connectivity index (χ0v) is 13.6. The van der Waals surface area contributed by atoms with E-state index in [0.717, 1.165) is 18.4 Å². The average Bonchev–Trinajstić information content (AvgIpc) is 2.92. The minimum Gasteiger partial charge on any atom is -0.361 e. The standard InChI is InChI=1S/C20H23NO/c1-5-20(4)10-9-14-17(18(20)22)12-11-21-15-8-6-7-13(16(12)15)19(14,2)3/h5-8,11,14,17,21H,1,9-10H2,2-4H3/t14-,17+,20+/m1/s1. The Morgan fingerprint density at radius 2 is 2.09 bits per heavy atom. The van der Waals surface area contributed by atoms with Crippen molar-refractivity contribution in [2.45, 2.75) is 44.9 Å². The van der Waals surface area contributed by atoms with E-state index in [0.29, 0.717) is 11.7 Å². The van der Waals surface area contributed by atoms with Gasteiger partial charge in [-0.2, -0.15) is 0 Å². The first-order chi connectivity index (χ1) is 10.4. The van der Waals surface area contributed by atoms with Crippen LogP contribution in [0.25, 0.3) is 10.9 Å². The quantitative estimate of drug-likeness (QED) is 0.759. The molecule has 0 aliphatic heterocycles. The van der Waals surface area contributed by atoms with Crippen LogP contribution in [-0.2, 0) is 10.2 Å². The summed E-state index contributed by atoms with van der Waals surface area (Å²) in [6.45, 7) is 10.6. The van der Waals surface area contributed by atoms with E-state index >= 15 is 0 Å². The molecule has 2 aliphatic rings. The predicted molar refractivity (Wildman–Crippen MR) is 90.1 cm³/mol. The zero-order chi connectivity index (χ0) is 15.7. The summed E-state index contributed by atoms with van der Waals surface area (Å²) >= 11 is 0. The highest BCUT2D eigenvalue weighted by Gasteiger charge is 2.53. The molecule has 3 atom stereocenters. The van der Waals surface area contributed by atoms with Crippen LogP contribution in [-0.4, -0.2) is 10.8 Å². The summed E-state index contributed by atoms with van der Waals surface area (Å²) in [5.41, 5.74) is 3.38. The monoisotopic (exact) mass is 293 g/mol. The van der Waals surface area contributed by atoms with Crippen LogP contribution in [0.1, 0.15) is 50.7 Å². The van der Waals surface area contributed by atoms with Gasteiger partial charge in [-0.3, -0.25) is 4.79 Å². The summed E-state index contributed by atoms with van der Waals surface area (Å²) < 4.78 is 0. The van der Waals surface area contributed by atoms with Crippen LogP contribution in [0.15, 0.2) is 37.1 Å². The Morgan fingerprint density at radius 3 is 2.82 bits per heavy atom. The lowest BCUT2D eigenvalue weighted by atomic mass is 9.52. The summed E-state index contributed by atoms with van der Waals surface area (Å²) in [5.74, 6) is 0.722. The normalized spacial score (nSPS) is 32.8. The lowest BCUT2D eigenvalue weighted by molar-refractivity contribution is -0.132. The lowest BCUT2D eigenvalue weighted by Gasteiger charge is -2.49. The van der Waals surface area contributed by atoms with Crippen molar-refractivity contribution in [3.8, 4) is 0 Å². The van der Waals surface area contributed by atoms with Crippen molar-refractivity contribution in [1.29, 1.82) is 0 Å². The number of hydrogen-bond donors (Lipinski definition) is 1. The number of fused-ring (bicyclic) bond motifs is 2. The summed E-state index contributed by atoms with van der Waals surface area (Å²) in [4.78, 5) is 16.6. The molecule has 1 saturated carbocycles. The smallest absolute Gasteiger partial charge is 0.150 e. The number of aromatic amines is 1. The fraction of sp³-hybridized carbons (Fsp3) is 0.450. The molecule has 0 bridgehead atoms. The van der Waals surface area contributed by atoms with Gasteiger partial charge in [0, 0.05) is 28.4 Å². The van der Waals surface area contributed by atoms with Crippen molar-refractivity contribution in [3.05, 3.63) is 48.2 Å². The Bertz CT molecular complexity index is 797. The van der Waals surface area contributed by atoms with Crippen LogP contribution in [0.3, 0.4) is 0 Å². The van der Waals surface area contributed by atoms with Gasteiger partial charge in [0.15, 0.2) is 0 Å². The van der Waals surface area contributed by atoms with Gasteiger partial charge in [0.05, 0.1) is 0 Å². The van der Waals surface area contributed by atoms with Crippen LogP contribution in [0, 0.1) is 11.3 Å². The van der Waals surface area contributed by atoms with Crippen molar-refractivity contribution in [3.63, 3.8) is 0 Å². The van der Waals surface area contributed by atoms with Crippen LogP contribution in [0.4, 0.5) is 0 Å². The molecule has 0 spiro atoms. The molecule has 2 aliphatic carbocycles. The second-order valence-electron chi connectivity index (χ2n) is 7.80. The van der Waals surface area contributed by atoms with Crippen molar-refractivity contribution in [1.82, 2.24) is 4.98 Å². The van der Waals surface area contributed by atoms with Gasteiger partial charge in [-0.1, -0.05) is 32.1 Å². The number of Topliss-reactive ketones (excluding diaryl/α,β-unsaturated/α-hetero) is 1. The maximum atomic E-state index is 13.3. The van der Waals surface area contributed by atoms with Crippen molar-refractivity contribution in [2.75, 3.05) is 0 Å². The van der Waals surface area contributed by atoms with E-state index in [9.17, 15) is 4.79 Å². The number of rotatable bonds is 1. The Morgan fingerprint density at radius 1 is 1.32 bits per heavy atom. The van der Waals surface area contributed by atoms with E-state index in [1.54, 1.807) is 0 Å². The molecule has 1 aromatic heterocycles. The van der Waals surface area contributed by atoms with E-state index in [-0.39, 0.29) is 16.7 Å². The molecule has 0 amide bonds. The van der Waals surface area contributed by atoms with Gasteiger partial charge in [0.25, 0.3) is 0 Å². The fourth-order valence-corrected chi connectivity index (χ4v) is 4.81. The number of aromatic nitrogens is 1. The van der Waals surface area contributed by atoms with E-state index in [1.807, 2.05) is 6.08 Å². The van der Waals surface area contributed by atoms with Crippen LogP contribution in [0.2, 0.25) is 0 Å². The van der Waals surface area contributed by atoms with Gasteiger partial charge in [-0.25, -0.2) is 0 Å². The van der Waals surface area contributed by atoms with Gasteiger partial charge >= 0.3 is 0 Å². The fourth-order valence-electron chi connectivity index (χ4n) is 4.81. The third kappa shape index (κ3) is 1.48. The second kappa shape index (κ2) is 4.13. The van der Waals surface area contributed by atoms with Gasteiger partial charge in [-0.15, -0.1) is 6.58 Å². The Hall–Kier alpha value is -1.83. The minimum absolute atomic E-state index is 0.00426. The molecule has 4 rings (SSSR count). The van der Waals surface area contributed by atoms with E-state index in [2.05, 4.69) is 56.7 Å². The molecule has 0 radical (unpaired) electrons. The number of ketones is 1. The summed E-state index contributed by atoms with van der Waals surface area (Å²) in [7, 11) is 0. The van der Waals surface area contributed by atoms with E-state index in [1.165, 1.54) is 16.5 Å². The number of hydrogen-bond acceptors (Lipinski definition) is 1. The Labute approximate surface area is 131 Å². The van der Waals surface area contributed by atoms with Crippen molar-refractivity contribution >= 4 is 16.7 Å². The third-order valence-corrected chi connectivity index (χ3v) is 6.37. The van der Waals surface area contributed by atoms with Crippen LogP contribution in [0.5, 0.6) is 0 Å². The molecule has 114 valence electrons. The maximum Gasteiger partial charge on any atom is 0.150 e. The topological polar surface area (TPSA) is 32.9 Å². The predicted octanol–water partition coefficient (Wildman–Crippen LogP) is 4.71. The van der Waals surface area contributed by atoms with Gasteiger partial charge < -0.3 is 4.98 Å². The molecule has 0 unspecified atom stereocenters. The molecule has 1 fully saturated rings. The number of carbonyl (C=O) groups is 1. The molecule has 2 heteroatoms. The minimum atomic E-state index is -0.382. The van der Waals surface area contributed by atoms with Crippen LogP contribution < -0.4 is 0 Å². The highest BCUT2D eigenvalue weighted by Crippen LogP contribution is 2.57. The highest BCUT2D eigenvalue weighted by atomic mass is 16.1. The second-order valence-corrected chi connectivity index (χ2v) is 7.80. The molecule has 1 aromatic carbocycles. The van der Waals surface area contributed by atoms with Gasteiger partial charge in [0.2, 0.25) is 0 Å². The van der Waals surface area contributed by atoms with E-state index < -0.39 is 0 Å². The first kappa shape index (κ1) is 13.8. The summed E-state index contributed by atoms with van der Waals surface area (Å²) in [6.07, 6.45) is 5.92. The lowest BCUT2D eigenvalue weighted by Crippen LogP contribution is -2.47. The number of nitrogens with one attached hydrogen (secondary N) is 1. The zero-order valence-electron chi connectivity index (χ0n) is 13.6. The first-order valence-corrected chi connectivity index (χ1v) is 8.18. The van der Waals surface area contributed by atoms with Gasteiger partial charge in [0.1, 0.15) is 5.78 Å². The third-order valence-electron chi connectivity index (χ3n) is 6.37. The summed E-state index contributed by atoms with van der Waals surface area (Å²) in [5, 5.41) is 1.27. The SMILES string of the molecule is C=C[C@@]1(C)CC[C@@H]2[C@@H](C1=O)c1c[nH]c3cccc(c13)C2(C)C. The largest absolute Gasteiger partial charge is 0.361 e. The number of carbonyl (C=O) groups excluding carboxylic acids is 1. The summed E-state index contributed by atoms with van der Waals surface area (Å²) in [6, 6.07) is 6.47. The molecule has 0 saturated heterocycles. The molecule has 1 heterocycles. The molecular weight excluding hydrogens is 270 g/mol. The molecule has 22 heavy (non-hydrogen) atoms. The molecule has 2 aromatic rings. The van der Waals surface area contributed by atoms with E-state index in [4.69, 9.17) is 0 Å². The highest BCUT2D eigenvalue weighted by molar-refractivity contribution is 6.00. The number of allylic oxidation sites excluding steroid dienone is 1. The van der Waals surface area contributed by atoms with Crippen molar-refractivity contribution in [2.24, 2.45) is 11.3 Å². The molecule has 2 nitrogen and oxygen atoms in total. The number of benzene rings is 1. The molecular formula is C20H23NO. The Kier molecular flexibility index (Phi) is 2.59. The maximum absolute atomic E-state index is 13.3. The number of H-pyrrole nitrogens is 1. The van der Waals surface area contributed by atoms with Crippen molar-refractivity contribution < 1.29 is 4.79 Å². The Balaban J connectivity index is 2.02. The first-order valence-electron chi connectivity index (χ1n) is 8.18. The van der Waals surface area contributed by atoms with Gasteiger partial charge in [-0.05, 0) is 48.3 Å². The van der Waals surface area contributed by atoms with Crippen LogP contribution >= 0.6 is 0 Å². The average molecular weight is 293 g/mol.